The Morgan fingerprint density at radius 2 is 1.90 bits per heavy atom. The molecule has 2 N–H and O–H groups in total. The highest BCUT2D eigenvalue weighted by Gasteiger charge is 2.48. The molecule has 0 unspecified atom stereocenters. The number of hydrogen-bond acceptors (Lipinski definition) is 3. The fraction of sp³-hybridized carbons (Fsp3) is 0.417. The normalized spacial score (nSPS) is 13.9. The second-order valence-electron chi connectivity index (χ2n) is 3.94. The second kappa shape index (κ2) is 5.74. The Bertz CT molecular complexity index is 487. The van der Waals surface area contributed by atoms with Crippen LogP contribution >= 0.6 is 0 Å². The molecule has 1 atom stereocenters. The van der Waals surface area contributed by atoms with E-state index < -0.39 is 35.2 Å². The number of hydrogen-bond donors (Lipinski definition) is 1. The summed E-state index contributed by atoms with van der Waals surface area (Å²) in [5.74, 6) is -5.98. The zero-order valence-electron chi connectivity index (χ0n) is 10.4. The van der Waals surface area contributed by atoms with Crippen LogP contribution in [0.1, 0.15) is 24.1 Å². The number of nitrogens with two attached hydrogens (primary N) is 1. The van der Waals surface area contributed by atoms with Crippen LogP contribution < -0.4 is 5.73 Å². The summed E-state index contributed by atoms with van der Waals surface area (Å²) >= 11 is 0. The number of alkyl halides is 5. The molecule has 1 aromatic carbocycles. The summed E-state index contributed by atoms with van der Waals surface area (Å²) in [5, 5.41) is 0. The van der Waals surface area contributed by atoms with Gasteiger partial charge in [0.15, 0.2) is 0 Å². The van der Waals surface area contributed by atoms with E-state index in [1.54, 1.807) is 0 Å². The molecule has 0 heterocycles. The van der Waals surface area contributed by atoms with Gasteiger partial charge < -0.3 is 10.5 Å². The summed E-state index contributed by atoms with van der Waals surface area (Å²) in [6.45, 7) is 1.04. The van der Waals surface area contributed by atoms with Crippen LogP contribution in [0, 0.1) is 0 Å². The van der Waals surface area contributed by atoms with Crippen LogP contribution in [0.25, 0.3) is 0 Å². The molecule has 0 aliphatic heterocycles. The minimum Gasteiger partial charge on any atom is -0.462 e. The molecule has 1 rings (SSSR count). The third-order valence-corrected chi connectivity index (χ3v) is 2.51. The molecule has 112 valence electrons. The lowest BCUT2D eigenvalue weighted by Crippen LogP contribution is -2.41. The first-order valence-corrected chi connectivity index (χ1v) is 5.58. The van der Waals surface area contributed by atoms with E-state index in [2.05, 4.69) is 4.74 Å². The molecule has 20 heavy (non-hydrogen) atoms. The van der Waals surface area contributed by atoms with Crippen LogP contribution in [0.4, 0.5) is 22.0 Å². The number of esters is 1. The van der Waals surface area contributed by atoms with Crippen molar-refractivity contribution in [3.8, 4) is 0 Å². The van der Waals surface area contributed by atoms with Gasteiger partial charge in [0, 0.05) is 0 Å². The van der Waals surface area contributed by atoms with Crippen LogP contribution in [0.15, 0.2) is 24.3 Å². The summed E-state index contributed by atoms with van der Waals surface area (Å²) < 4.78 is 68.9. The van der Waals surface area contributed by atoms with E-state index in [0.717, 1.165) is 18.2 Å². The van der Waals surface area contributed by atoms with Crippen LogP contribution in [-0.4, -0.2) is 18.5 Å². The highest BCUT2D eigenvalue weighted by molar-refractivity contribution is 5.78. The molecule has 0 amide bonds. The summed E-state index contributed by atoms with van der Waals surface area (Å²) in [6, 6.07) is 0.923. The molecular weight excluding hydrogens is 285 g/mol. The number of carbonyl (C=O) groups excluding carboxylic acids is 1. The smallest absolute Gasteiger partial charge is 0.416 e. The summed E-state index contributed by atoms with van der Waals surface area (Å²) in [7, 11) is 0. The van der Waals surface area contributed by atoms with Gasteiger partial charge in [-0.25, -0.2) is 4.79 Å². The molecular formula is C12H12F5NO2. The van der Waals surface area contributed by atoms with E-state index in [1.807, 2.05) is 0 Å². The molecule has 0 aromatic heterocycles. The lowest BCUT2D eigenvalue weighted by molar-refractivity contribution is -0.174. The van der Waals surface area contributed by atoms with Crippen molar-refractivity contribution in [2.45, 2.75) is 25.1 Å². The average molecular weight is 297 g/mol. The van der Waals surface area contributed by atoms with Crippen LogP contribution in [-0.2, 0) is 15.7 Å². The fourth-order valence-corrected chi connectivity index (χ4v) is 1.47. The van der Waals surface area contributed by atoms with Gasteiger partial charge in [-0.3, -0.25) is 0 Å². The monoisotopic (exact) mass is 297 g/mol. The Balaban J connectivity index is 3.09. The Hall–Kier alpha value is -1.70. The van der Waals surface area contributed by atoms with Crippen LogP contribution in [0.3, 0.4) is 0 Å². The van der Waals surface area contributed by atoms with Gasteiger partial charge in [0.2, 0.25) is 0 Å². The molecule has 3 nitrogen and oxygen atoms in total. The van der Waals surface area contributed by atoms with Crippen molar-refractivity contribution in [3.05, 3.63) is 35.4 Å². The Morgan fingerprint density at radius 1 is 1.30 bits per heavy atom. The molecule has 0 bridgehead atoms. The van der Waals surface area contributed by atoms with Gasteiger partial charge in [-0.1, -0.05) is 12.1 Å². The van der Waals surface area contributed by atoms with Crippen molar-refractivity contribution >= 4 is 5.97 Å². The second-order valence-corrected chi connectivity index (χ2v) is 3.94. The van der Waals surface area contributed by atoms with E-state index in [-0.39, 0.29) is 6.61 Å². The Labute approximate surface area is 111 Å². The molecule has 0 saturated carbocycles. The van der Waals surface area contributed by atoms with Crippen LogP contribution in [0.2, 0.25) is 0 Å². The largest absolute Gasteiger partial charge is 0.462 e. The highest BCUT2D eigenvalue weighted by atomic mass is 19.4. The number of halogens is 5. The minimum atomic E-state index is -4.69. The quantitative estimate of drug-likeness (QED) is 0.687. The van der Waals surface area contributed by atoms with E-state index in [9.17, 15) is 26.7 Å². The van der Waals surface area contributed by atoms with Crippen molar-refractivity contribution in [1.29, 1.82) is 0 Å². The van der Waals surface area contributed by atoms with Gasteiger partial charge >= 0.3 is 18.1 Å². The number of carbonyl (C=O) groups is 1. The van der Waals surface area contributed by atoms with Gasteiger partial charge in [-0.15, -0.1) is 0 Å². The van der Waals surface area contributed by atoms with E-state index >= 15 is 0 Å². The first-order valence-electron chi connectivity index (χ1n) is 5.58. The predicted octanol–water partition coefficient (Wildman–Crippen LogP) is 2.90. The van der Waals surface area contributed by atoms with E-state index in [4.69, 9.17) is 5.73 Å². The maximum absolute atomic E-state index is 13.6. The van der Waals surface area contributed by atoms with Gasteiger partial charge in [0.05, 0.1) is 12.2 Å². The van der Waals surface area contributed by atoms with Crippen LogP contribution in [0.5, 0.6) is 0 Å². The topological polar surface area (TPSA) is 52.3 Å². The maximum Gasteiger partial charge on any atom is 0.416 e. The van der Waals surface area contributed by atoms with Crippen molar-refractivity contribution in [2.24, 2.45) is 5.73 Å². The van der Waals surface area contributed by atoms with Gasteiger partial charge in [0.1, 0.15) is 6.04 Å². The third kappa shape index (κ3) is 3.44. The number of ether oxygens (including phenoxy) is 1. The fourth-order valence-electron chi connectivity index (χ4n) is 1.47. The first kappa shape index (κ1) is 16.4. The molecule has 0 radical (unpaired) electrons. The lowest BCUT2D eigenvalue weighted by Gasteiger charge is -2.22. The SMILES string of the molecule is CCOC(=O)C(F)(F)[C@@H](N)c1cccc(C(F)(F)F)c1. The third-order valence-electron chi connectivity index (χ3n) is 2.51. The molecule has 0 fully saturated rings. The number of rotatable bonds is 4. The van der Waals surface area contributed by atoms with Crippen molar-refractivity contribution in [3.63, 3.8) is 0 Å². The molecule has 0 aliphatic rings. The average Bonchev–Trinajstić information content (AvgIpc) is 2.37. The number of benzene rings is 1. The van der Waals surface area contributed by atoms with Crippen molar-refractivity contribution in [2.75, 3.05) is 6.61 Å². The Kier molecular flexibility index (Phi) is 4.69. The maximum atomic E-state index is 13.6. The first-order chi connectivity index (χ1) is 9.10. The predicted molar refractivity (Wildman–Crippen MR) is 60.0 cm³/mol. The highest BCUT2D eigenvalue weighted by Crippen LogP contribution is 2.34. The van der Waals surface area contributed by atoms with Crippen molar-refractivity contribution < 1.29 is 31.5 Å². The Morgan fingerprint density at radius 3 is 2.40 bits per heavy atom. The van der Waals surface area contributed by atoms with Gasteiger partial charge in [-0.2, -0.15) is 22.0 Å². The summed E-state index contributed by atoms with van der Waals surface area (Å²) in [5.41, 5.74) is 3.58. The molecule has 0 saturated heterocycles. The molecule has 8 heteroatoms. The molecule has 1 aromatic rings. The summed E-state index contributed by atoms with van der Waals surface area (Å²) in [4.78, 5) is 11.1. The van der Waals surface area contributed by atoms with E-state index in [1.165, 1.54) is 6.92 Å². The standard InChI is InChI=1S/C12H12F5NO2/c1-2-20-10(19)11(13,14)9(18)7-4-3-5-8(6-7)12(15,16)17/h3-6,9H,2,18H2,1H3/t9-/m0/s1. The molecule has 0 aliphatic carbocycles. The van der Waals surface area contributed by atoms with Gasteiger partial charge in [-0.05, 0) is 24.6 Å². The minimum absolute atomic E-state index is 0.288. The summed E-state index contributed by atoms with van der Waals surface area (Å²) in [6.07, 6.45) is -4.69. The van der Waals surface area contributed by atoms with Gasteiger partial charge in [0.25, 0.3) is 0 Å². The zero-order valence-corrected chi connectivity index (χ0v) is 10.4. The molecule has 0 spiro atoms. The lowest BCUT2D eigenvalue weighted by atomic mass is 9.99. The van der Waals surface area contributed by atoms with Crippen molar-refractivity contribution in [1.82, 2.24) is 0 Å². The van der Waals surface area contributed by atoms with E-state index in [0.29, 0.717) is 6.07 Å². The zero-order chi connectivity index (χ0) is 15.6.